The number of carboxylic acids is 1. The molecule has 0 aliphatic rings. The molecule has 13 heavy (non-hydrogen) atoms. The summed E-state index contributed by atoms with van der Waals surface area (Å²) in [4.78, 5) is 10.6. The van der Waals surface area contributed by atoms with Gasteiger partial charge in [0.05, 0.1) is 12.0 Å². The van der Waals surface area contributed by atoms with Crippen LogP contribution in [0.4, 0.5) is 0 Å². The Bertz CT molecular complexity index is 281. The number of hydrogen-bond acceptors (Lipinski definition) is 2. The molecule has 0 amide bonds. The van der Waals surface area contributed by atoms with Crippen molar-refractivity contribution in [3.63, 3.8) is 0 Å². The molecule has 2 atom stereocenters. The monoisotopic (exact) mass is 180 g/mol. The first-order valence-corrected chi connectivity index (χ1v) is 4.08. The Morgan fingerprint density at radius 3 is 2.31 bits per heavy atom. The zero-order valence-corrected chi connectivity index (χ0v) is 7.34. The van der Waals surface area contributed by atoms with Crippen LogP contribution in [0.25, 0.3) is 0 Å². The molecular formula is C10H12O3. The van der Waals surface area contributed by atoms with Gasteiger partial charge in [0.15, 0.2) is 0 Å². The first-order valence-electron chi connectivity index (χ1n) is 4.08. The average molecular weight is 180 g/mol. The molecule has 1 aromatic carbocycles. The van der Waals surface area contributed by atoms with E-state index in [0.29, 0.717) is 5.56 Å². The molecule has 0 saturated carbocycles. The molecule has 0 saturated heterocycles. The molecule has 3 nitrogen and oxygen atoms in total. The molecule has 0 radical (unpaired) electrons. The largest absolute Gasteiger partial charge is 0.481 e. The Morgan fingerprint density at radius 1 is 1.31 bits per heavy atom. The van der Waals surface area contributed by atoms with Crippen molar-refractivity contribution in [3.8, 4) is 0 Å². The molecule has 0 heterocycles. The number of benzene rings is 1. The fraction of sp³-hybridized carbons (Fsp3) is 0.300. The molecule has 3 heteroatoms. The van der Waals surface area contributed by atoms with Crippen molar-refractivity contribution in [2.45, 2.75) is 13.0 Å². The second-order valence-corrected chi connectivity index (χ2v) is 2.98. The summed E-state index contributed by atoms with van der Waals surface area (Å²) >= 11 is 0. The highest BCUT2D eigenvalue weighted by molar-refractivity contribution is 5.70. The quantitative estimate of drug-likeness (QED) is 0.740. The maximum atomic E-state index is 10.6. The van der Waals surface area contributed by atoms with Crippen molar-refractivity contribution < 1.29 is 15.0 Å². The normalized spacial score (nSPS) is 14.9. The van der Waals surface area contributed by atoms with Crippen molar-refractivity contribution in [3.05, 3.63) is 35.9 Å². The molecule has 0 bridgehead atoms. The van der Waals surface area contributed by atoms with Gasteiger partial charge in [-0.25, -0.2) is 0 Å². The van der Waals surface area contributed by atoms with Crippen molar-refractivity contribution in [1.82, 2.24) is 0 Å². The van der Waals surface area contributed by atoms with Crippen LogP contribution in [0.2, 0.25) is 0 Å². The highest BCUT2D eigenvalue weighted by atomic mass is 16.4. The minimum Gasteiger partial charge on any atom is -0.481 e. The Morgan fingerprint density at radius 2 is 1.85 bits per heavy atom. The number of hydrogen-bond donors (Lipinski definition) is 2. The molecule has 0 aliphatic carbocycles. The predicted octanol–water partition coefficient (Wildman–Crippen LogP) is 1.44. The van der Waals surface area contributed by atoms with Crippen LogP contribution in [0.3, 0.4) is 0 Å². The first-order chi connectivity index (χ1) is 6.13. The molecule has 1 rings (SSSR count). The Labute approximate surface area is 76.6 Å². The summed E-state index contributed by atoms with van der Waals surface area (Å²) in [6.07, 6.45) is -0.932. The third kappa shape index (κ3) is 2.29. The standard InChI is InChI=1S/C10H12O3/c1-7(10(12)13)9(11)8-5-3-2-4-6-8/h2-7,9,11H,1H3,(H,12,13). The van der Waals surface area contributed by atoms with Crippen LogP contribution in [0.5, 0.6) is 0 Å². The summed E-state index contributed by atoms with van der Waals surface area (Å²) in [5.74, 6) is -1.77. The van der Waals surface area contributed by atoms with E-state index in [0.717, 1.165) is 0 Å². The SMILES string of the molecule is CC(C(=O)O)C(O)c1ccccc1. The zero-order chi connectivity index (χ0) is 9.84. The lowest BCUT2D eigenvalue weighted by Gasteiger charge is -2.14. The maximum Gasteiger partial charge on any atom is 0.309 e. The lowest BCUT2D eigenvalue weighted by molar-refractivity contribution is -0.145. The van der Waals surface area contributed by atoms with Crippen LogP contribution < -0.4 is 0 Å². The number of rotatable bonds is 3. The predicted molar refractivity (Wildman–Crippen MR) is 48.2 cm³/mol. The molecule has 70 valence electrons. The van der Waals surface area contributed by atoms with E-state index in [-0.39, 0.29) is 0 Å². The van der Waals surface area contributed by atoms with Gasteiger partial charge in [0, 0.05) is 0 Å². The van der Waals surface area contributed by atoms with Crippen LogP contribution in [0.15, 0.2) is 30.3 Å². The van der Waals surface area contributed by atoms with E-state index < -0.39 is 18.0 Å². The van der Waals surface area contributed by atoms with E-state index >= 15 is 0 Å². The lowest BCUT2D eigenvalue weighted by Crippen LogP contribution is -2.18. The van der Waals surface area contributed by atoms with Gasteiger partial charge in [0.25, 0.3) is 0 Å². The van der Waals surface area contributed by atoms with Gasteiger partial charge in [-0.3, -0.25) is 4.79 Å². The van der Waals surface area contributed by atoms with Gasteiger partial charge in [-0.2, -0.15) is 0 Å². The number of carbonyl (C=O) groups is 1. The lowest BCUT2D eigenvalue weighted by atomic mass is 9.98. The summed E-state index contributed by atoms with van der Waals surface area (Å²) in [5.41, 5.74) is 0.636. The van der Waals surface area contributed by atoms with Gasteiger partial charge in [-0.15, -0.1) is 0 Å². The average Bonchev–Trinajstić information content (AvgIpc) is 2.17. The highest BCUT2D eigenvalue weighted by Gasteiger charge is 2.22. The second kappa shape index (κ2) is 4.05. The van der Waals surface area contributed by atoms with E-state index in [9.17, 15) is 9.90 Å². The minimum atomic E-state index is -0.989. The zero-order valence-electron chi connectivity index (χ0n) is 7.34. The topological polar surface area (TPSA) is 57.5 Å². The van der Waals surface area contributed by atoms with E-state index in [1.54, 1.807) is 24.3 Å². The van der Waals surface area contributed by atoms with Gasteiger partial charge < -0.3 is 10.2 Å². The summed E-state index contributed by atoms with van der Waals surface area (Å²) in [7, 11) is 0. The summed E-state index contributed by atoms with van der Waals surface area (Å²) < 4.78 is 0. The van der Waals surface area contributed by atoms with Crippen LogP contribution in [-0.2, 0) is 4.79 Å². The maximum absolute atomic E-state index is 10.6. The summed E-state index contributed by atoms with van der Waals surface area (Å²) in [6.45, 7) is 1.49. The molecular weight excluding hydrogens is 168 g/mol. The van der Waals surface area contributed by atoms with E-state index in [2.05, 4.69) is 0 Å². The second-order valence-electron chi connectivity index (χ2n) is 2.98. The molecule has 0 fully saturated rings. The van der Waals surface area contributed by atoms with E-state index in [1.807, 2.05) is 6.07 Å². The van der Waals surface area contributed by atoms with Crippen molar-refractivity contribution >= 4 is 5.97 Å². The molecule has 0 aromatic heterocycles. The Kier molecular flexibility index (Phi) is 3.03. The third-order valence-corrected chi connectivity index (χ3v) is 2.00. The fourth-order valence-corrected chi connectivity index (χ4v) is 1.07. The summed E-state index contributed by atoms with van der Waals surface area (Å²) in [6, 6.07) is 8.79. The fourth-order valence-electron chi connectivity index (χ4n) is 1.07. The number of aliphatic hydroxyl groups is 1. The molecule has 0 aliphatic heterocycles. The molecule has 1 aromatic rings. The number of carboxylic acid groups (broad SMARTS) is 1. The van der Waals surface area contributed by atoms with Crippen LogP contribution in [-0.4, -0.2) is 16.2 Å². The molecule has 2 unspecified atom stereocenters. The summed E-state index contributed by atoms with van der Waals surface area (Å²) in [5, 5.41) is 18.2. The van der Waals surface area contributed by atoms with Gasteiger partial charge in [-0.05, 0) is 12.5 Å². The Balaban J connectivity index is 2.79. The van der Waals surface area contributed by atoms with Gasteiger partial charge in [-0.1, -0.05) is 30.3 Å². The Hall–Kier alpha value is -1.35. The van der Waals surface area contributed by atoms with Gasteiger partial charge in [0.1, 0.15) is 0 Å². The smallest absolute Gasteiger partial charge is 0.309 e. The van der Waals surface area contributed by atoms with Crippen molar-refractivity contribution in [2.24, 2.45) is 5.92 Å². The highest BCUT2D eigenvalue weighted by Crippen LogP contribution is 2.21. The van der Waals surface area contributed by atoms with Crippen LogP contribution in [0.1, 0.15) is 18.6 Å². The van der Waals surface area contributed by atoms with Gasteiger partial charge in [0.2, 0.25) is 0 Å². The first kappa shape index (κ1) is 9.74. The van der Waals surface area contributed by atoms with Crippen molar-refractivity contribution in [1.29, 1.82) is 0 Å². The number of aliphatic hydroxyl groups excluding tert-OH is 1. The van der Waals surface area contributed by atoms with E-state index in [4.69, 9.17) is 5.11 Å². The van der Waals surface area contributed by atoms with E-state index in [1.165, 1.54) is 6.92 Å². The number of aliphatic carboxylic acids is 1. The third-order valence-electron chi connectivity index (χ3n) is 2.00. The van der Waals surface area contributed by atoms with Crippen LogP contribution in [0, 0.1) is 5.92 Å². The van der Waals surface area contributed by atoms with Gasteiger partial charge >= 0.3 is 5.97 Å². The minimum absolute atomic E-state index is 0.636. The molecule has 0 spiro atoms. The van der Waals surface area contributed by atoms with Crippen molar-refractivity contribution in [2.75, 3.05) is 0 Å². The molecule has 2 N–H and O–H groups in total. The van der Waals surface area contributed by atoms with Crippen LogP contribution >= 0.6 is 0 Å².